The van der Waals surface area contributed by atoms with Gasteiger partial charge in [0.25, 0.3) is 0 Å². The minimum atomic E-state index is -0.348. The number of esters is 1. The first-order valence-corrected chi connectivity index (χ1v) is 5.73. The quantitative estimate of drug-likeness (QED) is 0.482. The highest BCUT2D eigenvalue weighted by atomic mass is 16.5. The van der Waals surface area contributed by atoms with Crippen molar-refractivity contribution < 1.29 is 9.53 Å². The summed E-state index contributed by atoms with van der Waals surface area (Å²) in [6.45, 7) is 4.21. The third-order valence-corrected chi connectivity index (χ3v) is 2.25. The number of hydrogen-bond donors (Lipinski definition) is 1. The average molecular weight is 234 g/mol. The summed E-state index contributed by atoms with van der Waals surface area (Å²) in [5.41, 5.74) is 7.65. The van der Waals surface area contributed by atoms with Crippen LogP contribution in [0.25, 0.3) is 0 Å². The van der Waals surface area contributed by atoms with Crippen LogP contribution in [0.1, 0.15) is 25.8 Å². The Morgan fingerprint density at radius 1 is 1.29 bits per heavy atom. The van der Waals surface area contributed by atoms with E-state index in [4.69, 9.17) is 10.5 Å². The lowest BCUT2D eigenvalue weighted by Gasteiger charge is -2.02. The molecule has 0 aliphatic carbocycles. The summed E-state index contributed by atoms with van der Waals surface area (Å²) >= 11 is 0. The van der Waals surface area contributed by atoms with E-state index in [1.807, 2.05) is 24.3 Å². The minimum Gasteiger partial charge on any atom is -0.466 e. The van der Waals surface area contributed by atoms with E-state index in [0.717, 1.165) is 12.1 Å². The molecule has 0 spiro atoms. The van der Waals surface area contributed by atoms with Crippen LogP contribution in [0, 0.1) is 0 Å². The van der Waals surface area contributed by atoms with Crippen molar-refractivity contribution in [3.8, 4) is 0 Å². The van der Waals surface area contributed by atoms with Crippen LogP contribution in [0.15, 0.2) is 29.3 Å². The van der Waals surface area contributed by atoms with Crippen LogP contribution in [-0.4, -0.2) is 18.4 Å². The van der Waals surface area contributed by atoms with E-state index in [1.54, 1.807) is 6.92 Å². The number of carbonyl (C=O) groups excluding carboxylic acids is 1. The summed E-state index contributed by atoms with van der Waals surface area (Å²) in [6.07, 6.45) is 1.02. The fraction of sp³-hybridized carbons (Fsp3) is 0.385. The topological polar surface area (TPSA) is 64.7 Å². The summed E-state index contributed by atoms with van der Waals surface area (Å²) < 4.78 is 4.79. The standard InChI is InChI=1S/C13H18N2O2/c1-3-10-5-7-11(8-6-10)15-12(14)9-13(16)17-4-2/h5-8H,3-4,9H2,1-2H3,(H2,14,15). The van der Waals surface area contributed by atoms with Gasteiger partial charge in [-0.15, -0.1) is 0 Å². The molecular formula is C13H18N2O2. The first-order valence-electron chi connectivity index (χ1n) is 5.73. The van der Waals surface area contributed by atoms with E-state index in [-0.39, 0.29) is 18.2 Å². The zero-order valence-electron chi connectivity index (χ0n) is 10.3. The highest BCUT2D eigenvalue weighted by Crippen LogP contribution is 2.13. The first kappa shape index (κ1) is 13.2. The highest BCUT2D eigenvalue weighted by molar-refractivity contribution is 5.97. The molecule has 0 aliphatic rings. The van der Waals surface area contributed by atoms with Gasteiger partial charge in [-0.2, -0.15) is 0 Å². The molecule has 0 fully saturated rings. The van der Waals surface area contributed by atoms with Crippen molar-refractivity contribution in [3.63, 3.8) is 0 Å². The summed E-state index contributed by atoms with van der Waals surface area (Å²) in [7, 11) is 0. The summed E-state index contributed by atoms with van der Waals surface area (Å²) in [5.74, 6) is -0.0772. The van der Waals surface area contributed by atoms with Gasteiger partial charge in [0.1, 0.15) is 12.3 Å². The number of benzene rings is 1. The molecule has 0 aromatic heterocycles. The molecule has 1 aromatic rings. The third-order valence-electron chi connectivity index (χ3n) is 2.25. The normalized spacial score (nSPS) is 11.3. The maximum atomic E-state index is 11.2. The summed E-state index contributed by atoms with van der Waals surface area (Å²) in [4.78, 5) is 15.3. The van der Waals surface area contributed by atoms with Gasteiger partial charge in [0.2, 0.25) is 0 Å². The number of hydrogen-bond acceptors (Lipinski definition) is 3. The Hall–Kier alpha value is -1.84. The number of aryl methyl sites for hydroxylation is 1. The largest absolute Gasteiger partial charge is 0.466 e. The predicted molar refractivity (Wildman–Crippen MR) is 68.4 cm³/mol. The molecule has 0 radical (unpaired) electrons. The van der Waals surface area contributed by atoms with E-state index in [2.05, 4.69) is 11.9 Å². The maximum Gasteiger partial charge on any atom is 0.313 e. The highest BCUT2D eigenvalue weighted by Gasteiger charge is 2.04. The summed E-state index contributed by atoms with van der Waals surface area (Å²) in [6, 6.07) is 7.76. The van der Waals surface area contributed by atoms with Gasteiger partial charge in [0, 0.05) is 0 Å². The average Bonchev–Trinajstić information content (AvgIpc) is 2.30. The van der Waals surface area contributed by atoms with Crippen molar-refractivity contribution in [2.75, 3.05) is 6.61 Å². The molecule has 92 valence electrons. The van der Waals surface area contributed by atoms with Crippen LogP contribution < -0.4 is 5.73 Å². The Kier molecular flexibility index (Phi) is 5.20. The van der Waals surface area contributed by atoms with Gasteiger partial charge in [-0.25, -0.2) is 4.99 Å². The Morgan fingerprint density at radius 3 is 2.47 bits per heavy atom. The van der Waals surface area contributed by atoms with Gasteiger partial charge >= 0.3 is 5.97 Å². The number of ether oxygens (including phenoxy) is 1. The van der Waals surface area contributed by atoms with Gasteiger partial charge in [0.05, 0.1) is 12.3 Å². The number of amidine groups is 1. The van der Waals surface area contributed by atoms with Crippen molar-refractivity contribution in [1.82, 2.24) is 0 Å². The van der Waals surface area contributed by atoms with Gasteiger partial charge < -0.3 is 10.5 Å². The number of carbonyl (C=O) groups is 1. The molecule has 2 N–H and O–H groups in total. The molecule has 4 heteroatoms. The maximum absolute atomic E-state index is 11.2. The predicted octanol–water partition coefficient (Wildman–Crippen LogP) is 2.19. The Balaban J connectivity index is 2.63. The van der Waals surface area contributed by atoms with Crippen molar-refractivity contribution in [1.29, 1.82) is 0 Å². The van der Waals surface area contributed by atoms with Crippen molar-refractivity contribution in [3.05, 3.63) is 29.8 Å². The Morgan fingerprint density at radius 2 is 1.94 bits per heavy atom. The molecule has 0 bridgehead atoms. The number of nitrogens with two attached hydrogens (primary N) is 1. The number of rotatable bonds is 5. The molecule has 0 amide bonds. The van der Waals surface area contributed by atoms with E-state index in [9.17, 15) is 4.79 Å². The number of nitrogens with zero attached hydrogens (tertiary/aromatic N) is 1. The van der Waals surface area contributed by atoms with Crippen LogP contribution in [-0.2, 0) is 16.0 Å². The van der Waals surface area contributed by atoms with Crippen LogP contribution in [0.3, 0.4) is 0 Å². The van der Waals surface area contributed by atoms with Gasteiger partial charge in [-0.05, 0) is 31.0 Å². The van der Waals surface area contributed by atoms with Gasteiger partial charge in [0.15, 0.2) is 0 Å². The van der Waals surface area contributed by atoms with Gasteiger partial charge in [-0.3, -0.25) is 4.79 Å². The fourth-order valence-corrected chi connectivity index (χ4v) is 1.37. The Bertz CT molecular complexity index is 396. The van der Waals surface area contributed by atoms with Crippen molar-refractivity contribution in [2.24, 2.45) is 10.7 Å². The molecule has 0 atom stereocenters. The van der Waals surface area contributed by atoms with Crippen molar-refractivity contribution >= 4 is 17.5 Å². The molecule has 1 aromatic carbocycles. The second-order valence-corrected chi connectivity index (χ2v) is 3.60. The molecular weight excluding hydrogens is 216 g/mol. The molecule has 0 heterocycles. The van der Waals surface area contributed by atoms with E-state index in [0.29, 0.717) is 6.61 Å². The lowest BCUT2D eigenvalue weighted by atomic mass is 10.1. The van der Waals surface area contributed by atoms with Crippen molar-refractivity contribution in [2.45, 2.75) is 26.7 Å². The fourth-order valence-electron chi connectivity index (χ4n) is 1.37. The molecule has 0 saturated heterocycles. The first-order chi connectivity index (χ1) is 8.15. The zero-order chi connectivity index (χ0) is 12.7. The van der Waals surface area contributed by atoms with Gasteiger partial charge in [-0.1, -0.05) is 19.1 Å². The molecule has 0 saturated carbocycles. The Labute approximate surface area is 101 Å². The molecule has 1 rings (SSSR count). The second kappa shape index (κ2) is 6.68. The van der Waals surface area contributed by atoms with Crippen LogP contribution in [0.2, 0.25) is 0 Å². The summed E-state index contributed by atoms with van der Waals surface area (Å²) in [5, 5.41) is 0. The molecule has 0 aliphatic heterocycles. The van der Waals surface area contributed by atoms with Crippen LogP contribution in [0.5, 0.6) is 0 Å². The lowest BCUT2D eigenvalue weighted by Crippen LogP contribution is -2.18. The molecule has 4 nitrogen and oxygen atoms in total. The molecule has 0 unspecified atom stereocenters. The third kappa shape index (κ3) is 4.68. The second-order valence-electron chi connectivity index (χ2n) is 3.60. The van der Waals surface area contributed by atoms with E-state index < -0.39 is 0 Å². The minimum absolute atomic E-state index is 0.0311. The lowest BCUT2D eigenvalue weighted by molar-refractivity contribution is -0.141. The van der Waals surface area contributed by atoms with E-state index in [1.165, 1.54) is 5.56 Å². The molecule has 17 heavy (non-hydrogen) atoms. The monoisotopic (exact) mass is 234 g/mol. The number of aliphatic imine (C=N–C) groups is 1. The zero-order valence-corrected chi connectivity index (χ0v) is 10.3. The smallest absolute Gasteiger partial charge is 0.313 e. The van der Waals surface area contributed by atoms with Crippen LogP contribution in [0.4, 0.5) is 5.69 Å². The van der Waals surface area contributed by atoms with Crippen LogP contribution >= 0.6 is 0 Å². The van der Waals surface area contributed by atoms with E-state index >= 15 is 0 Å². The SMILES string of the molecule is CCOC(=O)CC(N)=Nc1ccc(CC)cc1.